The van der Waals surface area contributed by atoms with E-state index in [1.165, 1.54) is 0 Å². The number of carbonyl (C=O) groups is 1. The van der Waals surface area contributed by atoms with Crippen molar-refractivity contribution < 1.29 is 9.53 Å². The van der Waals surface area contributed by atoms with Crippen LogP contribution in [-0.2, 0) is 7.05 Å². The number of para-hydroxylation sites is 1. The third-order valence-electron chi connectivity index (χ3n) is 4.13. The van der Waals surface area contributed by atoms with Crippen molar-refractivity contribution in [1.82, 2.24) is 19.7 Å². The number of ether oxygens (including phenoxy) is 1. The first-order chi connectivity index (χ1) is 14.1. The predicted octanol–water partition coefficient (Wildman–Crippen LogP) is 3.50. The molecule has 0 saturated heterocycles. The largest absolute Gasteiger partial charge is 0.436 e. The van der Waals surface area contributed by atoms with Crippen LogP contribution in [0.1, 0.15) is 10.4 Å². The van der Waals surface area contributed by atoms with Crippen molar-refractivity contribution in [2.75, 3.05) is 11.1 Å². The van der Waals surface area contributed by atoms with Crippen LogP contribution in [0, 0.1) is 0 Å². The normalized spacial score (nSPS) is 10.5. The summed E-state index contributed by atoms with van der Waals surface area (Å²) in [7, 11) is 1.82. The van der Waals surface area contributed by atoms with E-state index >= 15 is 0 Å². The molecule has 8 nitrogen and oxygen atoms in total. The van der Waals surface area contributed by atoms with Crippen molar-refractivity contribution in [2.24, 2.45) is 7.05 Å². The number of carbonyl (C=O) groups excluding carboxylic acids is 1. The highest BCUT2D eigenvalue weighted by Gasteiger charge is 2.11. The SMILES string of the molecule is Cn1cc(-c2cnc(N)c(Oc3ccc(C(=O)Nc4ccccc4)cc3)n2)cn1. The Bertz CT molecular complexity index is 1140. The summed E-state index contributed by atoms with van der Waals surface area (Å²) in [6, 6.07) is 16.0. The monoisotopic (exact) mass is 386 g/mol. The number of hydrogen-bond acceptors (Lipinski definition) is 6. The van der Waals surface area contributed by atoms with Gasteiger partial charge in [-0.1, -0.05) is 18.2 Å². The number of aromatic nitrogens is 4. The number of benzene rings is 2. The van der Waals surface area contributed by atoms with Crippen molar-refractivity contribution in [3.8, 4) is 22.9 Å². The highest BCUT2D eigenvalue weighted by molar-refractivity contribution is 6.04. The molecule has 0 aliphatic heterocycles. The molecule has 2 aromatic heterocycles. The lowest BCUT2D eigenvalue weighted by molar-refractivity contribution is 0.102. The van der Waals surface area contributed by atoms with Gasteiger partial charge in [-0.05, 0) is 36.4 Å². The molecule has 29 heavy (non-hydrogen) atoms. The second-order valence-electron chi connectivity index (χ2n) is 6.29. The molecule has 144 valence electrons. The van der Waals surface area contributed by atoms with Crippen molar-refractivity contribution in [1.29, 1.82) is 0 Å². The highest BCUT2D eigenvalue weighted by atomic mass is 16.5. The van der Waals surface area contributed by atoms with Crippen molar-refractivity contribution in [3.63, 3.8) is 0 Å². The molecular weight excluding hydrogens is 368 g/mol. The van der Waals surface area contributed by atoms with E-state index in [-0.39, 0.29) is 17.6 Å². The van der Waals surface area contributed by atoms with Crippen LogP contribution in [0.15, 0.2) is 73.2 Å². The fourth-order valence-electron chi connectivity index (χ4n) is 2.66. The molecule has 0 spiro atoms. The maximum atomic E-state index is 12.3. The lowest BCUT2D eigenvalue weighted by Gasteiger charge is -2.09. The molecule has 8 heteroatoms. The summed E-state index contributed by atoms with van der Waals surface area (Å²) in [5.74, 6) is 0.641. The Morgan fingerprint density at radius 1 is 1.07 bits per heavy atom. The zero-order chi connectivity index (χ0) is 20.2. The van der Waals surface area contributed by atoms with Gasteiger partial charge in [-0.3, -0.25) is 9.48 Å². The number of anilines is 2. The third-order valence-corrected chi connectivity index (χ3v) is 4.13. The first-order valence-electron chi connectivity index (χ1n) is 8.84. The summed E-state index contributed by atoms with van der Waals surface area (Å²) < 4.78 is 7.45. The van der Waals surface area contributed by atoms with Crippen LogP contribution in [0.2, 0.25) is 0 Å². The fourth-order valence-corrected chi connectivity index (χ4v) is 2.66. The summed E-state index contributed by atoms with van der Waals surface area (Å²) in [4.78, 5) is 20.9. The molecule has 1 amide bonds. The molecule has 0 fully saturated rings. The highest BCUT2D eigenvalue weighted by Crippen LogP contribution is 2.27. The average Bonchev–Trinajstić information content (AvgIpc) is 3.17. The van der Waals surface area contributed by atoms with Crippen molar-refractivity contribution in [3.05, 3.63) is 78.8 Å². The van der Waals surface area contributed by atoms with E-state index in [0.29, 0.717) is 17.0 Å². The smallest absolute Gasteiger partial charge is 0.263 e. The molecule has 0 atom stereocenters. The molecular formula is C21H18N6O2. The molecule has 3 N–H and O–H groups in total. The minimum atomic E-state index is -0.208. The van der Waals surface area contributed by atoms with Crippen LogP contribution in [-0.4, -0.2) is 25.7 Å². The van der Waals surface area contributed by atoms with Crippen LogP contribution in [0.25, 0.3) is 11.3 Å². The maximum Gasteiger partial charge on any atom is 0.263 e. The number of aryl methyl sites for hydroxylation is 1. The van der Waals surface area contributed by atoms with E-state index < -0.39 is 0 Å². The van der Waals surface area contributed by atoms with Gasteiger partial charge in [-0.15, -0.1) is 0 Å². The third kappa shape index (κ3) is 4.22. The van der Waals surface area contributed by atoms with E-state index in [1.807, 2.05) is 43.6 Å². The van der Waals surface area contributed by atoms with Gasteiger partial charge in [0, 0.05) is 30.1 Å². The Labute approximate surface area is 167 Å². The zero-order valence-corrected chi connectivity index (χ0v) is 15.6. The first-order valence-corrected chi connectivity index (χ1v) is 8.84. The van der Waals surface area contributed by atoms with E-state index in [2.05, 4.69) is 20.4 Å². The summed E-state index contributed by atoms with van der Waals surface area (Å²) in [5, 5.41) is 6.96. The maximum absolute atomic E-state index is 12.3. The van der Waals surface area contributed by atoms with Gasteiger partial charge in [-0.25, -0.2) is 9.97 Å². The van der Waals surface area contributed by atoms with Gasteiger partial charge in [0.2, 0.25) is 0 Å². The summed E-state index contributed by atoms with van der Waals surface area (Å²) in [6.45, 7) is 0. The second-order valence-corrected chi connectivity index (χ2v) is 6.29. The molecule has 0 saturated carbocycles. The molecule has 0 aliphatic carbocycles. The molecule has 0 unspecified atom stereocenters. The number of nitrogens with one attached hydrogen (secondary N) is 1. The molecule has 4 aromatic rings. The lowest BCUT2D eigenvalue weighted by atomic mass is 10.2. The molecule has 0 aliphatic rings. The number of nitrogens with two attached hydrogens (primary N) is 1. The van der Waals surface area contributed by atoms with Gasteiger partial charge in [0.25, 0.3) is 11.8 Å². The molecule has 2 heterocycles. The lowest BCUT2D eigenvalue weighted by Crippen LogP contribution is -2.11. The summed E-state index contributed by atoms with van der Waals surface area (Å²) >= 11 is 0. The molecule has 0 bridgehead atoms. The van der Waals surface area contributed by atoms with Gasteiger partial charge < -0.3 is 15.8 Å². The average molecular weight is 386 g/mol. The minimum absolute atomic E-state index is 0.170. The Balaban J connectivity index is 1.49. The number of amides is 1. The quantitative estimate of drug-likeness (QED) is 0.543. The van der Waals surface area contributed by atoms with Gasteiger partial charge in [0.1, 0.15) is 5.75 Å². The number of rotatable bonds is 5. The number of hydrogen-bond donors (Lipinski definition) is 2. The van der Waals surface area contributed by atoms with E-state index in [0.717, 1.165) is 11.3 Å². The summed E-state index contributed by atoms with van der Waals surface area (Å²) in [5.41, 5.74) is 8.54. The van der Waals surface area contributed by atoms with Crippen LogP contribution >= 0.6 is 0 Å². The standard InChI is InChI=1S/C21H18N6O2/c1-27-13-15(11-24-27)18-12-23-19(22)21(26-18)29-17-9-7-14(8-10-17)20(28)25-16-5-3-2-4-6-16/h2-13H,1H3,(H2,22,23)(H,25,28). The van der Waals surface area contributed by atoms with Gasteiger partial charge in [0.05, 0.1) is 18.1 Å². The zero-order valence-electron chi connectivity index (χ0n) is 15.6. The van der Waals surface area contributed by atoms with E-state index in [1.54, 1.807) is 41.3 Å². The minimum Gasteiger partial charge on any atom is -0.436 e. The van der Waals surface area contributed by atoms with Crippen LogP contribution in [0.3, 0.4) is 0 Å². The van der Waals surface area contributed by atoms with E-state index in [9.17, 15) is 4.79 Å². The second kappa shape index (κ2) is 7.81. The number of nitrogen functional groups attached to an aromatic ring is 1. The van der Waals surface area contributed by atoms with Crippen LogP contribution in [0.4, 0.5) is 11.5 Å². The van der Waals surface area contributed by atoms with Crippen LogP contribution < -0.4 is 15.8 Å². The predicted molar refractivity (Wildman–Crippen MR) is 110 cm³/mol. The Morgan fingerprint density at radius 3 is 2.52 bits per heavy atom. The fraction of sp³-hybridized carbons (Fsp3) is 0.0476. The Kier molecular flexibility index (Phi) is 4.90. The Morgan fingerprint density at radius 2 is 1.83 bits per heavy atom. The Hall–Kier alpha value is -4.20. The van der Waals surface area contributed by atoms with Crippen molar-refractivity contribution in [2.45, 2.75) is 0 Å². The molecule has 2 aromatic carbocycles. The van der Waals surface area contributed by atoms with E-state index in [4.69, 9.17) is 10.5 Å². The van der Waals surface area contributed by atoms with Crippen LogP contribution in [0.5, 0.6) is 11.6 Å². The van der Waals surface area contributed by atoms with Gasteiger partial charge in [-0.2, -0.15) is 5.10 Å². The van der Waals surface area contributed by atoms with Crippen molar-refractivity contribution >= 4 is 17.4 Å². The summed E-state index contributed by atoms with van der Waals surface area (Å²) in [6.07, 6.45) is 5.07. The molecule has 0 radical (unpaired) electrons. The van der Waals surface area contributed by atoms with Gasteiger partial charge >= 0.3 is 0 Å². The number of nitrogens with zero attached hydrogens (tertiary/aromatic N) is 4. The first kappa shape index (κ1) is 18.2. The van der Waals surface area contributed by atoms with Gasteiger partial charge in [0.15, 0.2) is 5.82 Å². The molecule has 4 rings (SSSR count). The topological polar surface area (TPSA) is 108 Å².